The lowest BCUT2D eigenvalue weighted by atomic mass is 9.70. The Labute approximate surface area is 85.4 Å². The number of ether oxygens (including phenoxy) is 1. The number of hydrogen-bond donors (Lipinski definition) is 2. The Balaban J connectivity index is 2.76. The second kappa shape index (κ2) is 4.01. The zero-order chi connectivity index (χ0) is 10.8. The summed E-state index contributed by atoms with van der Waals surface area (Å²) in [5, 5.41) is 18.8. The maximum Gasteiger partial charge on any atom is 0.162 e. The Bertz CT molecular complexity index is 227. The summed E-state index contributed by atoms with van der Waals surface area (Å²) in [6, 6.07) is 0. The number of aliphatic hydroxyl groups excluding tert-OH is 2. The van der Waals surface area contributed by atoms with Gasteiger partial charge in [0.25, 0.3) is 0 Å². The summed E-state index contributed by atoms with van der Waals surface area (Å²) in [6.07, 6.45) is 4.88. The van der Waals surface area contributed by atoms with Crippen LogP contribution in [-0.4, -0.2) is 30.2 Å². The Morgan fingerprint density at radius 2 is 2.00 bits per heavy atom. The molecule has 0 heterocycles. The highest BCUT2D eigenvalue weighted by Gasteiger charge is 2.37. The molecule has 2 N–H and O–H groups in total. The lowest BCUT2D eigenvalue weighted by Gasteiger charge is -2.39. The van der Waals surface area contributed by atoms with Gasteiger partial charge < -0.3 is 14.9 Å². The van der Waals surface area contributed by atoms with Gasteiger partial charge in [-0.1, -0.05) is 26.0 Å². The monoisotopic (exact) mass is 200 g/mol. The first kappa shape index (κ1) is 11.7. The normalized spacial score (nSPS) is 39.8. The lowest BCUT2D eigenvalue weighted by Crippen LogP contribution is -2.37. The predicted molar refractivity (Wildman–Crippen MR) is 54.7 cm³/mol. The molecular weight excluding hydrogens is 180 g/mol. The van der Waals surface area contributed by atoms with Gasteiger partial charge in [-0.15, -0.1) is 0 Å². The third-order valence-corrected chi connectivity index (χ3v) is 3.25. The van der Waals surface area contributed by atoms with Crippen molar-refractivity contribution >= 4 is 0 Å². The minimum Gasteiger partial charge on any atom is -0.395 e. The molecule has 0 bridgehead atoms. The molecule has 0 aromatic carbocycles. The molecule has 0 fully saturated rings. The van der Waals surface area contributed by atoms with Crippen LogP contribution in [0.2, 0.25) is 0 Å². The van der Waals surface area contributed by atoms with Crippen molar-refractivity contribution in [2.75, 3.05) is 13.7 Å². The summed E-state index contributed by atoms with van der Waals surface area (Å²) in [4.78, 5) is 0. The second-order valence-electron chi connectivity index (χ2n) is 4.74. The molecule has 3 nitrogen and oxygen atoms in total. The van der Waals surface area contributed by atoms with E-state index in [0.29, 0.717) is 0 Å². The zero-order valence-electron chi connectivity index (χ0n) is 9.16. The first-order chi connectivity index (χ1) is 6.46. The van der Waals surface area contributed by atoms with Crippen molar-refractivity contribution in [3.05, 3.63) is 12.2 Å². The van der Waals surface area contributed by atoms with Gasteiger partial charge in [0.1, 0.15) is 0 Å². The van der Waals surface area contributed by atoms with Crippen molar-refractivity contribution in [3.63, 3.8) is 0 Å². The maximum atomic E-state index is 9.65. The highest BCUT2D eigenvalue weighted by Crippen LogP contribution is 2.41. The van der Waals surface area contributed by atoms with E-state index in [9.17, 15) is 10.2 Å². The van der Waals surface area contributed by atoms with Crippen LogP contribution in [-0.2, 0) is 4.74 Å². The van der Waals surface area contributed by atoms with E-state index in [1.807, 2.05) is 26.0 Å². The number of methoxy groups -OCH3 is 1. The Kier molecular flexibility index (Phi) is 3.35. The van der Waals surface area contributed by atoms with Crippen LogP contribution in [0, 0.1) is 10.8 Å². The first-order valence-electron chi connectivity index (χ1n) is 4.98. The SMILES string of the molecule is COC(O)C1(C)C=CC(C)(CO)CC1. The fourth-order valence-electron chi connectivity index (χ4n) is 1.72. The molecule has 0 aromatic rings. The second-order valence-corrected chi connectivity index (χ2v) is 4.74. The molecule has 1 aliphatic carbocycles. The lowest BCUT2D eigenvalue weighted by molar-refractivity contribution is -0.141. The van der Waals surface area contributed by atoms with E-state index in [2.05, 4.69) is 0 Å². The van der Waals surface area contributed by atoms with Gasteiger partial charge in [-0.25, -0.2) is 0 Å². The summed E-state index contributed by atoms with van der Waals surface area (Å²) < 4.78 is 4.94. The molecule has 14 heavy (non-hydrogen) atoms. The number of rotatable bonds is 3. The summed E-state index contributed by atoms with van der Waals surface area (Å²) >= 11 is 0. The Morgan fingerprint density at radius 1 is 1.36 bits per heavy atom. The van der Waals surface area contributed by atoms with Gasteiger partial charge in [-0.05, 0) is 12.8 Å². The fraction of sp³-hybridized carbons (Fsp3) is 0.818. The summed E-state index contributed by atoms with van der Waals surface area (Å²) in [5.41, 5.74) is -0.448. The van der Waals surface area contributed by atoms with Crippen LogP contribution in [0.5, 0.6) is 0 Å². The van der Waals surface area contributed by atoms with Crippen molar-refractivity contribution in [1.29, 1.82) is 0 Å². The standard InChI is InChI=1S/C11H20O3/c1-10(8-12)4-6-11(2,7-5-10)9(13)14-3/h4,6,9,12-13H,5,7-8H2,1-3H3. The smallest absolute Gasteiger partial charge is 0.162 e. The van der Waals surface area contributed by atoms with Crippen LogP contribution in [0.15, 0.2) is 12.2 Å². The largest absolute Gasteiger partial charge is 0.395 e. The minimum absolute atomic E-state index is 0.132. The molecule has 82 valence electrons. The number of aliphatic hydroxyl groups is 2. The molecule has 0 aromatic heterocycles. The van der Waals surface area contributed by atoms with Crippen molar-refractivity contribution in [3.8, 4) is 0 Å². The molecule has 0 amide bonds. The minimum atomic E-state index is -0.762. The third kappa shape index (κ3) is 2.16. The predicted octanol–water partition coefficient (Wildman–Crippen LogP) is 1.31. The topological polar surface area (TPSA) is 49.7 Å². The van der Waals surface area contributed by atoms with Crippen LogP contribution >= 0.6 is 0 Å². The molecule has 3 unspecified atom stereocenters. The van der Waals surface area contributed by atoms with Gasteiger partial charge in [0.2, 0.25) is 0 Å². The van der Waals surface area contributed by atoms with Gasteiger partial charge >= 0.3 is 0 Å². The van der Waals surface area contributed by atoms with Crippen LogP contribution in [0.1, 0.15) is 26.7 Å². The van der Waals surface area contributed by atoms with Crippen LogP contribution in [0.25, 0.3) is 0 Å². The van der Waals surface area contributed by atoms with E-state index in [4.69, 9.17) is 4.74 Å². The molecule has 3 atom stereocenters. The molecule has 1 rings (SSSR count). The van der Waals surface area contributed by atoms with Crippen LogP contribution in [0.4, 0.5) is 0 Å². The average molecular weight is 200 g/mol. The number of hydrogen-bond acceptors (Lipinski definition) is 3. The molecule has 0 spiro atoms. The molecule has 0 saturated heterocycles. The van der Waals surface area contributed by atoms with E-state index in [0.717, 1.165) is 12.8 Å². The van der Waals surface area contributed by atoms with Crippen molar-refractivity contribution in [1.82, 2.24) is 0 Å². The van der Waals surface area contributed by atoms with Gasteiger partial charge in [0.05, 0.1) is 6.61 Å². The highest BCUT2D eigenvalue weighted by atomic mass is 16.6. The van der Waals surface area contributed by atoms with Crippen LogP contribution < -0.4 is 0 Å². The van der Waals surface area contributed by atoms with E-state index in [1.165, 1.54) is 7.11 Å². The average Bonchev–Trinajstić information content (AvgIpc) is 2.22. The zero-order valence-corrected chi connectivity index (χ0v) is 9.16. The fourth-order valence-corrected chi connectivity index (χ4v) is 1.72. The van der Waals surface area contributed by atoms with Gasteiger partial charge in [0, 0.05) is 17.9 Å². The van der Waals surface area contributed by atoms with Crippen LogP contribution in [0.3, 0.4) is 0 Å². The van der Waals surface area contributed by atoms with E-state index >= 15 is 0 Å². The Morgan fingerprint density at radius 3 is 2.36 bits per heavy atom. The maximum absolute atomic E-state index is 9.65. The van der Waals surface area contributed by atoms with Crippen molar-refractivity contribution in [2.24, 2.45) is 10.8 Å². The summed E-state index contributed by atoms with van der Waals surface area (Å²) in [7, 11) is 1.50. The molecule has 0 aliphatic heterocycles. The van der Waals surface area contributed by atoms with Gasteiger partial charge in [-0.3, -0.25) is 0 Å². The molecule has 1 aliphatic rings. The van der Waals surface area contributed by atoms with Gasteiger partial charge in [-0.2, -0.15) is 0 Å². The van der Waals surface area contributed by atoms with Crippen molar-refractivity contribution < 1.29 is 14.9 Å². The molecule has 0 radical (unpaired) electrons. The molecule has 0 saturated carbocycles. The highest BCUT2D eigenvalue weighted by molar-refractivity contribution is 5.10. The molecular formula is C11H20O3. The third-order valence-electron chi connectivity index (χ3n) is 3.25. The molecule has 3 heteroatoms. The summed E-state index contributed by atoms with van der Waals surface area (Å²) in [6.45, 7) is 4.14. The van der Waals surface area contributed by atoms with E-state index in [-0.39, 0.29) is 17.4 Å². The first-order valence-corrected chi connectivity index (χ1v) is 4.98. The van der Waals surface area contributed by atoms with E-state index in [1.54, 1.807) is 0 Å². The summed E-state index contributed by atoms with van der Waals surface area (Å²) in [5.74, 6) is 0. The van der Waals surface area contributed by atoms with Crippen molar-refractivity contribution in [2.45, 2.75) is 33.0 Å². The van der Waals surface area contributed by atoms with E-state index < -0.39 is 6.29 Å². The quantitative estimate of drug-likeness (QED) is 0.533. The Hall–Kier alpha value is -0.380. The van der Waals surface area contributed by atoms with Gasteiger partial charge in [0.15, 0.2) is 6.29 Å².